The average molecular weight is 487 g/mol. The van der Waals surface area contributed by atoms with Crippen LogP contribution in [0.3, 0.4) is 0 Å². The minimum Gasteiger partial charge on any atom is -0.497 e. The summed E-state index contributed by atoms with van der Waals surface area (Å²) in [6, 6.07) is 13.6. The van der Waals surface area contributed by atoms with Crippen LogP contribution in [0.2, 0.25) is 0 Å². The van der Waals surface area contributed by atoms with Gasteiger partial charge in [-0.25, -0.2) is 8.42 Å². The third-order valence-electron chi connectivity index (χ3n) is 5.81. The Morgan fingerprint density at radius 1 is 1.03 bits per heavy atom. The van der Waals surface area contributed by atoms with E-state index in [1.54, 1.807) is 61.6 Å². The van der Waals surface area contributed by atoms with E-state index in [0.29, 0.717) is 29.4 Å². The van der Waals surface area contributed by atoms with Gasteiger partial charge < -0.3 is 23.6 Å². The van der Waals surface area contributed by atoms with Crippen LogP contribution in [0.25, 0.3) is 11.3 Å². The Bertz CT molecular complexity index is 1270. The van der Waals surface area contributed by atoms with Crippen molar-refractivity contribution in [2.75, 3.05) is 32.8 Å². The van der Waals surface area contributed by atoms with Gasteiger partial charge in [-0.2, -0.15) is 0 Å². The molecule has 0 radical (unpaired) electrons. The van der Waals surface area contributed by atoms with Gasteiger partial charge in [0.2, 0.25) is 0 Å². The number of hydrogen-bond acceptors (Lipinski definition) is 8. The Morgan fingerprint density at radius 2 is 1.76 bits per heavy atom. The number of ether oxygens (including phenoxy) is 3. The van der Waals surface area contributed by atoms with Crippen molar-refractivity contribution in [3.8, 4) is 28.6 Å². The molecule has 1 saturated heterocycles. The van der Waals surface area contributed by atoms with Crippen molar-refractivity contribution in [1.82, 2.24) is 10.1 Å². The maximum absolute atomic E-state index is 13.5. The highest BCUT2D eigenvalue weighted by Gasteiger charge is 2.36. The zero-order valence-corrected chi connectivity index (χ0v) is 20.0. The number of methoxy groups -OCH3 is 3. The van der Waals surface area contributed by atoms with E-state index >= 15 is 0 Å². The fourth-order valence-corrected chi connectivity index (χ4v) is 5.71. The maximum atomic E-state index is 13.5. The number of sulfone groups is 1. The summed E-state index contributed by atoms with van der Waals surface area (Å²) in [5.41, 5.74) is 1.62. The highest BCUT2D eigenvalue weighted by molar-refractivity contribution is 7.91. The zero-order valence-electron chi connectivity index (χ0n) is 19.2. The number of aromatic nitrogens is 1. The van der Waals surface area contributed by atoms with Crippen LogP contribution in [0.1, 0.15) is 22.5 Å². The molecule has 4 rings (SSSR count). The highest BCUT2D eigenvalue weighted by Crippen LogP contribution is 2.30. The van der Waals surface area contributed by atoms with Crippen LogP contribution in [0.5, 0.6) is 17.2 Å². The molecule has 10 heteroatoms. The standard InChI is InChI=1S/C24H26N2O7S/c1-30-19-7-5-17(6-8-19)22-13-20(25-33-22)24(27)26(18-10-11-34(28,29)15-18)14-16-4-9-21(31-2)23(12-16)32-3/h4-9,12-13,18H,10-11,14-15H2,1-3H3/t18-/m0/s1. The van der Waals surface area contributed by atoms with Gasteiger partial charge >= 0.3 is 0 Å². The van der Waals surface area contributed by atoms with Crippen molar-refractivity contribution < 1.29 is 31.9 Å². The average Bonchev–Trinajstić information content (AvgIpc) is 3.48. The molecule has 0 N–H and O–H groups in total. The van der Waals surface area contributed by atoms with Crippen LogP contribution in [0.15, 0.2) is 53.1 Å². The first-order chi connectivity index (χ1) is 16.3. The third-order valence-corrected chi connectivity index (χ3v) is 7.57. The first-order valence-corrected chi connectivity index (χ1v) is 12.5. The van der Waals surface area contributed by atoms with Crippen molar-refractivity contribution in [3.63, 3.8) is 0 Å². The van der Waals surface area contributed by atoms with Crippen molar-refractivity contribution >= 4 is 15.7 Å². The quantitative estimate of drug-likeness (QED) is 0.478. The van der Waals surface area contributed by atoms with Gasteiger partial charge in [0.05, 0.1) is 32.8 Å². The fourth-order valence-electron chi connectivity index (χ4n) is 3.98. The molecule has 1 aliphatic rings. The van der Waals surface area contributed by atoms with E-state index in [9.17, 15) is 13.2 Å². The summed E-state index contributed by atoms with van der Waals surface area (Å²) < 4.78 is 45.6. The van der Waals surface area contributed by atoms with Crippen molar-refractivity contribution in [1.29, 1.82) is 0 Å². The number of rotatable bonds is 8. The van der Waals surface area contributed by atoms with Gasteiger partial charge in [-0.3, -0.25) is 4.79 Å². The summed E-state index contributed by atoms with van der Waals surface area (Å²) in [6.45, 7) is 0.185. The first-order valence-electron chi connectivity index (χ1n) is 10.7. The smallest absolute Gasteiger partial charge is 0.276 e. The van der Waals surface area contributed by atoms with Crippen LogP contribution < -0.4 is 14.2 Å². The summed E-state index contributed by atoms with van der Waals surface area (Å²) in [5, 5.41) is 3.97. The molecule has 0 unspecified atom stereocenters. The van der Waals surface area contributed by atoms with E-state index < -0.39 is 21.8 Å². The topological polar surface area (TPSA) is 108 Å². The van der Waals surface area contributed by atoms with Gasteiger partial charge in [-0.05, 0) is 48.4 Å². The van der Waals surface area contributed by atoms with E-state index in [2.05, 4.69) is 5.16 Å². The normalized spacial score (nSPS) is 16.7. The van der Waals surface area contributed by atoms with Crippen molar-refractivity contribution in [2.24, 2.45) is 0 Å². The van der Waals surface area contributed by atoms with Gasteiger partial charge in [-0.1, -0.05) is 11.2 Å². The predicted octanol–water partition coefficient (Wildman–Crippen LogP) is 3.20. The van der Waals surface area contributed by atoms with Gasteiger partial charge in [0, 0.05) is 24.2 Å². The van der Waals surface area contributed by atoms with Crippen LogP contribution >= 0.6 is 0 Å². The molecule has 1 atom stereocenters. The lowest BCUT2D eigenvalue weighted by Gasteiger charge is -2.27. The van der Waals surface area contributed by atoms with Crippen LogP contribution in [0.4, 0.5) is 0 Å². The lowest BCUT2D eigenvalue weighted by atomic mass is 10.1. The number of benzene rings is 2. The number of hydrogen-bond donors (Lipinski definition) is 0. The number of amides is 1. The summed E-state index contributed by atoms with van der Waals surface area (Å²) in [5.74, 6) is 1.76. The Kier molecular flexibility index (Phi) is 6.78. The molecular formula is C24H26N2O7S. The lowest BCUT2D eigenvalue weighted by Crippen LogP contribution is -2.40. The third kappa shape index (κ3) is 5.01. The largest absolute Gasteiger partial charge is 0.497 e. The van der Waals surface area contributed by atoms with Crippen LogP contribution in [0, 0.1) is 0 Å². The van der Waals surface area contributed by atoms with Crippen molar-refractivity contribution in [3.05, 3.63) is 59.8 Å². The number of nitrogens with zero attached hydrogens (tertiary/aromatic N) is 2. The molecular weight excluding hydrogens is 460 g/mol. The summed E-state index contributed by atoms with van der Waals surface area (Å²) >= 11 is 0. The summed E-state index contributed by atoms with van der Waals surface area (Å²) in [7, 11) is 1.44. The van der Waals surface area contributed by atoms with E-state index in [-0.39, 0.29) is 23.7 Å². The molecule has 0 spiro atoms. The Hall–Kier alpha value is -3.53. The van der Waals surface area contributed by atoms with Gasteiger partial charge in [0.15, 0.2) is 32.8 Å². The molecule has 3 aromatic rings. The molecule has 180 valence electrons. The molecule has 1 aromatic heterocycles. The molecule has 0 aliphatic carbocycles. The zero-order chi connectivity index (χ0) is 24.3. The SMILES string of the molecule is COc1ccc(-c2cc(C(=O)N(Cc3ccc(OC)c(OC)c3)[C@H]3CCS(=O)(=O)C3)no2)cc1. The minimum atomic E-state index is -3.21. The van der Waals surface area contributed by atoms with Crippen molar-refractivity contribution in [2.45, 2.75) is 19.0 Å². The van der Waals surface area contributed by atoms with Crippen LogP contribution in [-0.2, 0) is 16.4 Å². The molecule has 2 aromatic carbocycles. The lowest BCUT2D eigenvalue weighted by molar-refractivity contribution is 0.0670. The predicted molar refractivity (Wildman–Crippen MR) is 125 cm³/mol. The molecule has 9 nitrogen and oxygen atoms in total. The molecule has 34 heavy (non-hydrogen) atoms. The second-order valence-corrected chi connectivity index (χ2v) is 10.2. The second-order valence-electron chi connectivity index (χ2n) is 7.98. The van der Waals surface area contributed by atoms with Crippen LogP contribution in [-0.4, -0.2) is 63.3 Å². The van der Waals surface area contributed by atoms with Gasteiger partial charge in [0.1, 0.15) is 5.75 Å². The maximum Gasteiger partial charge on any atom is 0.276 e. The highest BCUT2D eigenvalue weighted by atomic mass is 32.2. The molecule has 0 bridgehead atoms. The number of carbonyl (C=O) groups is 1. The van der Waals surface area contributed by atoms with E-state index in [0.717, 1.165) is 11.1 Å². The second kappa shape index (κ2) is 9.76. The molecule has 1 amide bonds. The molecule has 1 aliphatic heterocycles. The molecule has 2 heterocycles. The van der Waals surface area contributed by atoms with Gasteiger partial charge in [-0.15, -0.1) is 0 Å². The van der Waals surface area contributed by atoms with E-state index in [4.69, 9.17) is 18.7 Å². The fraction of sp³-hybridized carbons (Fsp3) is 0.333. The summed E-state index contributed by atoms with van der Waals surface area (Å²) in [4.78, 5) is 15.0. The van der Waals surface area contributed by atoms with E-state index in [1.807, 2.05) is 6.07 Å². The Labute approximate surface area is 198 Å². The Balaban J connectivity index is 1.62. The molecule has 1 fully saturated rings. The monoisotopic (exact) mass is 486 g/mol. The minimum absolute atomic E-state index is 0.0449. The first kappa shape index (κ1) is 23.6. The van der Waals surface area contributed by atoms with Gasteiger partial charge in [0.25, 0.3) is 5.91 Å². The molecule has 0 saturated carbocycles. The Morgan fingerprint density at radius 3 is 2.38 bits per heavy atom. The number of carbonyl (C=O) groups excluding carboxylic acids is 1. The summed E-state index contributed by atoms with van der Waals surface area (Å²) in [6.07, 6.45) is 0.366. The van der Waals surface area contributed by atoms with E-state index in [1.165, 1.54) is 7.11 Å².